The Balaban J connectivity index is 2.51. The van der Waals surface area contributed by atoms with Crippen molar-refractivity contribution in [2.24, 2.45) is 5.92 Å². The zero-order valence-electron chi connectivity index (χ0n) is 13.8. The second-order valence-electron chi connectivity index (χ2n) is 6.14. The summed E-state index contributed by atoms with van der Waals surface area (Å²) >= 11 is 0. The molecule has 0 aromatic heterocycles. The second-order valence-corrected chi connectivity index (χ2v) is 6.14. The van der Waals surface area contributed by atoms with Crippen molar-refractivity contribution in [3.8, 4) is 0 Å². The normalized spacial score (nSPS) is 12.9. The third kappa shape index (κ3) is 6.53. The first kappa shape index (κ1) is 17.2. The van der Waals surface area contributed by atoms with Crippen LogP contribution in [0, 0.1) is 19.8 Å². The molecule has 0 saturated carbocycles. The Morgan fingerprint density at radius 2 is 1.75 bits per heavy atom. The smallest absolute Gasteiger partial charge is 0.0661 e. The van der Waals surface area contributed by atoms with E-state index in [9.17, 15) is 0 Å². The Morgan fingerprint density at radius 3 is 2.30 bits per heavy atom. The van der Waals surface area contributed by atoms with Gasteiger partial charge in [0.2, 0.25) is 0 Å². The van der Waals surface area contributed by atoms with Gasteiger partial charge < -0.3 is 10.1 Å². The van der Waals surface area contributed by atoms with Crippen molar-refractivity contribution < 1.29 is 4.74 Å². The largest absolute Gasteiger partial charge is 0.379 e. The molecule has 20 heavy (non-hydrogen) atoms. The lowest BCUT2D eigenvalue weighted by Gasteiger charge is -2.20. The highest BCUT2D eigenvalue weighted by molar-refractivity contribution is 5.30. The Hall–Kier alpha value is -0.860. The minimum atomic E-state index is 0.303. The van der Waals surface area contributed by atoms with E-state index in [1.54, 1.807) is 0 Å². The zero-order chi connectivity index (χ0) is 15.0. The highest BCUT2D eigenvalue weighted by atomic mass is 16.5. The summed E-state index contributed by atoms with van der Waals surface area (Å²) < 4.78 is 5.87. The lowest BCUT2D eigenvalue weighted by molar-refractivity contribution is 0.106. The van der Waals surface area contributed by atoms with Crippen LogP contribution in [0.25, 0.3) is 0 Å². The van der Waals surface area contributed by atoms with Gasteiger partial charge in [-0.05, 0) is 44.7 Å². The molecule has 2 nitrogen and oxygen atoms in total. The molecule has 0 heterocycles. The maximum atomic E-state index is 5.87. The minimum absolute atomic E-state index is 0.303. The molecule has 0 bridgehead atoms. The Kier molecular flexibility index (Phi) is 7.86. The third-order valence-corrected chi connectivity index (χ3v) is 3.45. The molecule has 114 valence electrons. The van der Waals surface area contributed by atoms with E-state index in [0.717, 1.165) is 32.1 Å². The molecule has 0 aliphatic carbocycles. The molecule has 0 aliphatic heterocycles. The predicted octanol–water partition coefficient (Wildman–Crippen LogP) is 4.41. The second kappa shape index (κ2) is 9.15. The van der Waals surface area contributed by atoms with Crippen molar-refractivity contribution in [1.82, 2.24) is 5.32 Å². The van der Waals surface area contributed by atoms with E-state index in [4.69, 9.17) is 4.74 Å². The number of hydrogen-bond donors (Lipinski definition) is 1. The van der Waals surface area contributed by atoms with Crippen molar-refractivity contribution in [2.75, 3.05) is 19.8 Å². The van der Waals surface area contributed by atoms with Crippen molar-refractivity contribution in [2.45, 2.75) is 53.5 Å². The minimum Gasteiger partial charge on any atom is -0.379 e. The number of aryl methyl sites for hydroxylation is 2. The average molecular weight is 277 g/mol. The quantitative estimate of drug-likeness (QED) is 0.675. The highest BCUT2D eigenvalue weighted by Gasteiger charge is 2.11. The molecule has 0 fully saturated rings. The number of ether oxygens (including phenoxy) is 1. The van der Waals surface area contributed by atoms with E-state index in [1.807, 2.05) is 0 Å². The molecule has 1 aromatic carbocycles. The van der Waals surface area contributed by atoms with Gasteiger partial charge in [-0.3, -0.25) is 0 Å². The zero-order valence-corrected chi connectivity index (χ0v) is 13.8. The third-order valence-electron chi connectivity index (χ3n) is 3.45. The molecule has 0 spiro atoms. The summed E-state index contributed by atoms with van der Waals surface area (Å²) in [5.74, 6) is 0.766. The van der Waals surface area contributed by atoms with Gasteiger partial charge >= 0.3 is 0 Å². The van der Waals surface area contributed by atoms with E-state index >= 15 is 0 Å². The molecule has 1 unspecified atom stereocenters. The van der Waals surface area contributed by atoms with Gasteiger partial charge in [0.25, 0.3) is 0 Å². The van der Waals surface area contributed by atoms with Crippen molar-refractivity contribution in [1.29, 1.82) is 0 Å². The molecule has 1 aromatic rings. The van der Waals surface area contributed by atoms with Gasteiger partial charge in [-0.1, -0.05) is 50.1 Å². The molecule has 0 radical (unpaired) electrons. The number of rotatable bonds is 9. The summed E-state index contributed by atoms with van der Waals surface area (Å²) in [7, 11) is 0. The molecular formula is C18H31NO. The van der Waals surface area contributed by atoms with Crippen LogP contribution in [-0.2, 0) is 4.74 Å². The van der Waals surface area contributed by atoms with Crippen LogP contribution in [0.3, 0.4) is 0 Å². The van der Waals surface area contributed by atoms with E-state index in [-0.39, 0.29) is 0 Å². The number of nitrogens with one attached hydrogen (secondary N) is 1. The van der Waals surface area contributed by atoms with Crippen LogP contribution in [0.15, 0.2) is 18.2 Å². The van der Waals surface area contributed by atoms with Gasteiger partial charge in [-0.25, -0.2) is 0 Å². The maximum absolute atomic E-state index is 5.87. The first-order chi connectivity index (χ1) is 9.52. The Bertz CT molecular complexity index is 367. The monoisotopic (exact) mass is 277 g/mol. The number of hydrogen-bond acceptors (Lipinski definition) is 2. The molecule has 2 heteroatoms. The molecule has 1 atom stereocenters. The predicted molar refractivity (Wildman–Crippen MR) is 87.2 cm³/mol. The van der Waals surface area contributed by atoms with Gasteiger partial charge in [0.15, 0.2) is 0 Å². The molecule has 0 saturated heterocycles. The SMILES string of the molecule is CCNC(COCCCC(C)C)c1cc(C)cc(C)c1. The van der Waals surface area contributed by atoms with E-state index in [0.29, 0.717) is 6.04 Å². The van der Waals surface area contributed by atoms with Crippen LogP contribution in [0.4, 0.5) is 0 Å². The maximum Gasteiger partial charge on any atom is 0.0661 e. The van der Waals surface area contributed by atoms with Crippen molar-refractivity contribution >= 4 is 0 Å². The van der Waals surface area contributed by atoms with E-state index in [1.165, 1.54) is 23.1 Å². The fraction of sp³-hybridized carbons (Fsp3) is 0.667. The Labute approximate surface area is 124 Å². The highest BCUT2D eigenvalue weighted by Crippen LogP contribution is 2.17. The summed E-state index contributed by atoms with van der Waals surface area (Å²) in [6, 6.07) is 7.05. The van der Waals surface area contributed by atoms with Crippen molar-refractivity contribution in [3.63, 3.8) is 0 Å². The molecular weight excluding hydrogens is 246 g/mol. The fourth-order valence-electron chi connectivity index (χ4n) is 2.53. The van der Waals surface area contributed by atoms with Crippen LogP contribution < -0.4 is 5.32 Å². The fourth-order valence-corrected chi connectivity index (χ4v) is 2.53. The van der Waals surface area contributed by atoms with Crippen LogP contribution in [0.5, 0.6) is 0 Å². The lowest BCUT2D eigenvalue weighted by atomic mass is 10.0. The van der Waals surface area contributed by atoms with Crippen LogP contribution in [-0.4, -0.2) is 19.8 Å². The number of benzene rings is 1. The molecule has 0 amide bonds. The topological polar surface area (TPSA) is 21.3 Å². The van der Waals surface area contributed by atoms with Crippen LogP contribution >= 0.6 is 0 Å². The van der Waals surface area contributed by atoms with Crippen LogP contribution in [0.2, 0.25) is 0 Å². The van der Waals surface area contributed by atoms with Gasteiger partial charge in [0, 0.05) is 6.61 Å². The van der Waals surface area contributed by atoms with Gasteiger partial charge in [-0.15, -0.1) is 0 Å². The van der Waals surface area contributed by atoms with Crippen LogP contribution in [0.1, 0.15) is 56.3 Å². The molecule has 1 N–H and O–H groups in total. The lowest BCUT2D eigenvalue weighted by Crippen LogP contribution is -2.25. The first-order valence-electron chi connectivity index (χ1n) is 7.92. The summed E-state index contributed by atoms with van der Waals surface area (Å²) in [5.41, 5.74) is 3.98. The summed E-state index contributed by atoms with van der Waals surface area (Å²) in [6.45, 7) is 13.6. The molecule has 0 aliphatic rings. The summed E-state index contributed by atoms with van der Waals surface area (Å²) in [4.78, 5) is 0. The molecule has 1 rings (SSSR count). The van der Waals surface area contributed by atoms with E-state index in [2.05, 4.69) is 58.1 Å². The first-order valence-corrected chi connectivity index (χ1v) is 7.92. The van der Waals surface area contributed by atoms with Gasteiger partial charge in [-0.2, -0.15) is 0 Å². The number of likely N-dealkylation sites (N-methyl/N-ethyl adjacent to an activating group) is 1. The Morgan fingerprint density at radius 1 is 1.10 bits per heavy atom. The summed E-state index contributed by atoms with van der Waals surface area (Å²) in [5, 5.41) is 3.53. The standard InChI is InChI=1S/C18H31NO/c1-6-19-18(13-20-9-7-8-14(2)3)17-11-15(4)10-16(5)12-17/h10-12,14,18-19H,6-9,13H2,1-5H3. The summed E-state index contributed by atoms with van der Waals surface area (Å²) in [6.07, 6.45) is 2.40. The van der Waals surface area contributed by atoms with E-state index < -0.39 is 0 Å². The van der Waals surface area contributed by atoms with Crippen molar-refractivity contribution in [3.05, 3.63) is 34.9 Å². The van der Waals surface area contributed by atoms with Gasteiger partial charge in [0.05, 0.1) is 12.6 Å². The van der Waals surface area contributed by atoms with Gasteiger partial charge in [0.1, 0.15) is 0 Å². The average Bonchev–Trinajstić information content (AvgIpc) is 2.35.